The van der Waals surface area contributed by atoms with Crippen molar-refractivity contribution in [2.45, 2.75) is 43.7 Å². The van der Waals surface area contributed by atoms with Crippen molar-refractivity contribution in [3.8, 4) is 0 Å². The Hall–Kier alpha value is -1.11. The smallest absolute Gasteiger partial charge is 0.191 e. The molecule has 138 valence electrons. The first-order chi connectivity index (χ1) is 12.1. The zero-order valence-electron chi connectivity index (χ0n) is 15.1. The number of rotatable bonds is 7. The Kier molecular flexibility index (Phi) is 6.36. The summed E-state index contributed by atoms with van der Waals surface area (Å²) in [6.07, 6.45) is 3.67. The van der Waals surface area contributed by atoms with Gasteiger partial charge in [0.05, 0.1) is 19.3 Å². The number of ether oxygens (including phenoxy) is 2. The molecule has 6 heteroatoms. The summed E-state index contributed by atoms with van der Waals surface area (Å²) >= 11 is 3.57. The monoisotopic (exact) mass is 409 g/mol. The Balaban J connectivity index is 1.46. The van der Waals surface area contributed by atoms with Gasteiger partial charge in [-0.2, -0.15) is 0 Å². The van der Waals surface area contributed by atoms with Gasteiger partial charge < -0.3 is 20.1 Å². The highest BCUT2D eigenvalue weighted by atomic mass is 79.9. The van der Waals surface area contributed by atoms with Crippen LogP contribution in [-0.4, -0.2) is 51.5 Å². The third-order valence-corrected chi connectivity index (χ3v) is 5.45. The molecule has 2 atom stereocenters. The van der Waals surface area contributed by atoms with Gasteiger partial charge >= 0.3 is 0 Å². The topological polar surface area (TPSA) is 54.9 Å². The van der Waals surface area contributed by atoms with Crippen LogP contribution in [0.4, 0.5) is 0 Å². The van der Waals surface area contributed by atoms with Gasteiger partial charge in [-0.05, 0) is 43.9 Å². The number of hydrogen-bond donors (Lipinski definition) is 2. The Labute approximate surface area is 158 Å². The van der Waals surface area contributed by atoms with E-state index >= 15 is 0 Å². The summed E-state index contributed by atoms with van der Waals surface area (Å²) in [5.74, 6) is 0.833. The van der Waals surface area contributed by atoms with Gasteiger partial charge in [-0.1, -0.05) is 28.1 Å². The predicted molar refractivity (Wildman–Crippen MR) is 104 cm³/mol. The molecule has 5 nitrogen and oxygen atoms in total. The molecule has 3 rings (SSSR count). The van der Waals surface area contributed by atoms with Crippen molar-refractivity contribution in [2.24, 2.45) is 4.99 Å². The van der Waals surface area contributed by atoms with Crippen LogP contribution in [0.3, 0.4) is 0 Å². The molecule has 0 amide bonds. The molecule has 25 heavy (non-hydrogen) atoms. The van der Waals surface area contributed by atoms with Crippen LogP contribution in [0.15, 0.2) is 33.7 Å². The van der Waals surface area contributed by atoms with Gasteiger partial charge in [0.2, 0.25) is 0 Å². The van der Waals surface area contributed by atoms with Crippen molar-refractivity contribution in [2.75, 3.05) is 33.4 Å². The maximum Gasteiger partial charge on any atom is 0.191 e. The summed E-state index contributed by atoms with van der Waals surface area (Å²) in [5.41, 5.74) is 1.63. The number of halogens is 1. The molecule has 2 aliphatic rings. The number of aliphatic imine (C=N–C) groups is 1. The lowest BCUT2D eigenvalue weighted by molar-refractivity contribution is 0.0347. The van der Waals surface area contributed by atoms with E-state index in [0.717, 1.165) is 36.6 Å². The highest BCUT2D eigenvalue weighted by Gasteiger charge is 2.44. The Bertz CT molecular complexity index is 598. The van der Waals surface area contributed by atoms with Crippen molar-refractivity contribution >= 4 is 21.9 Å². The molecule has 2 N–H and O–H groups in total. The van der Waals surface area contributed by atoms with E-state index in [9.17, 15) is 0 Å². The maximum atomic E-state index is 5.87. The molecule has 1 aromatic carbocycles. The summed E-state index contributed by atoms with van der Waals surface area (Å²) in [7, 11) is 1.81. The quantitative estimate of drug-likeness (QED) is 0.536. The maximum absolute atomic E-state index is 5.87. The largest absolute Gasteiger partial charge is 0.379 e. The van der Waals surface area contributed by atoms with E-state index in [4.69, 9.17) is 9.47 Å². The number of nitrogens with zero attached hydrogens (tertiary/aromatic N) is 1. The number of benzene rings is 1. The molecule has 1 saturated heterocycles. The van der Waals surface area contributed by atoms with E-state index in [1.807, 2.05) is 7.05 Å². The average Bonchev–Trinajstić information content (AvgIpc) is 3.22. The molecule has 1 heterocycles. The van der Waals surface area contributed by atoms with Gasteiger partial charge in [0.15, 0.2) is 5.96 Å². The number of hydrogen-bond acceptors (Lipinski definition) is 3. The molecule has 1 aromatic rings. The minimum Gasteiger partial charge on any atom is -0.379 e. The molecule has 2 unspecified atom stereocenters. The van der Waals surface area contributed by atoms with Crippen LogP contribution in [0.25, 0.3) is 0 Å². The van der Waals surface area contributed by atoms with Gasteiger partial charge in [-0.25, -0.2) is 0 Å². The molecule has 0 bridgehead atoms. The van der Waals surface area contributed by atoms with Gasteiger partial charge in [0.25, 0.3) is 0 Å². The standard InChI is InChI=1S/C19H28BrN3O2/c1-14(11-25-17-6-9-24-12-17)23-18(21-2)22-13-19(7-8-19)15-4-3-5-16(20)10-15/h3-5,10,14,17H,6-9,11-13H2,1-2H3,(H2,21,22,23). The van der Waals surface area contributed by atoms with Gasteiger partial charge in [-0.3, -0.25) is 4.99 Å². The normalized spacial score (nSPS) is 23.3. The zero-order valence-corrected chi connectivity index (χ0v) is 16.6. The van der Waals surface area contributed by atoms with Crippen LogP contribution in [0.1, 0.15) is 31.7 Å². The SMILES string of the molecule is CN=C(NCC1(c2cccc(Br)c2)CC1)NC(C)COC1CCOC1. The zero-order chi connectivity index (χ0) is 17.7. The lowest BCUT2D eigenvalue weighted by atomic mass is 9.96. The van der Waals surface area contributed by atoms with E-state index in [2.05, 4.69) is 62.7 Å². The summed E-state index contributed by atoms with van der Waals surface area (Å²) in [6, 6.07) is 8.83. The first-order valence-corrected chi connectivity index (χ1v) is 9.83. The first kappa shape index (κ1) is 18.7. The predicted octanol–water partition coefficient (Wildman–Crippen LogP) is 2.84. The molecule has 0 radical (unpaired) electrons. The second kappa shape index (κ2) is 8.52. The van der Waals surface area contributed by atoms with Crippen molar-refractivity contribution in [3.05, 3.63) is 34.3 Å². The minimum absolute atomic E-state index is 0.202. The second-order valence-electron chi connectivity index (χ2n) is 7.08. The van der Waals surface area contributed by atoms with Gasteiger partial charge in [0.1, 0.15) is 0 Å². The van der Waals surface area contributed by atoms with Gasteiger partial charge in [0, 0.05) is 36.1 Å². The van der Waals surface area contributed by atoms with E-state index in [-0.39, 0.29) is 17.6 Å². The van der Waals surface area contributed by atoms with Crippen LogP contribution >= 0.6 is 15.9 Å². The van der Waals surface area contributed by atoms with Crippen molar-refractivity contribution in [1.29, 1.82) is 0 Å². The Morgan fingerprint density at radius 3 is 2.96 bits per heavy atom. The molecule has 2 fully saturated rings. The van der Waals surface area contributed by atoms with E-state index in [1.54, 1.807) is 0 Å². The van der Waals surface area contributed by atoms with Crippen LogP contribution < -0.4 is 10.6 Å². The van der Waals surface area contributed by atoms with Crippen molar-refractivity contribution < 1.29 is 9.47 Å². The van der Waals surface area contributed by atoms with E-state index in [0.29, 0.717) is 6.61 Å². The highest BCUT2D eigenvalue weighted by molar-refractivity contribution is 9.10. The Morgan fingerprint density at radius 1 is 1.48 bits per heavy atom. The van der Waals surface area contributed by atoms with Gasteiger partial charge in [-0.15, -0.1) is 0 Å². The third-order valence-electron chi connectivity index (χ3n) is 4.96. The molecule has 1 saturated carbocycles. The summed E-state index contributed by atoms with van der Waals surface area (Å²) in [5, 5.41) is 6.91. The first-order valence-electron chi connectivity index (χ1n) is 9.04. The van der Waals surface area contributed by atoms with E-state index in [1.165, 1.54) is 18.4 Å². The van der Waals surface area contributed by atoms with E-state index < -0.39 is 0 Å². The lowest BCUT2D eigenvalue weighted by Crippen LogP contribution is -2.46. The molecule has 1 aliphatic heterocycles. The number of guanidine groups is 1. The molecular formula is C19H28BrN3O2. The molecule has 0 aromatic heterocycles. The van der Waals surface area contributed by atoms with Crippen LogP contribution in [-0.2, 0) is 14.9 Å². The second-order valence-corrected chi connectivity index (χ2v) is 8.00. The van der Waals surface area contributed by atoms with Crippen molar-refractivity contribution in [3.63, 3.8) is 0 Å². The lowest BCUT2D eigenvalue weighted by Gasteiger charge is -2.22. The third kappa shape index (κ3) is 5.19. The fourth-order valence-corrected chi connectivity index (χ4v) is 3.58. The molecule has 1 aliphatic carbocycles. The summed E-state index contributed by atoms with van der Waals surface area (Å²) in [4.78, 5) is 4.35. The fourth-order valence-electron chi connectivity index (χ4n) is 3.18. The van der Waals surface area contributed by atoms with Crippen molar-refractivity contribution in [1.82, 2.24) is 10.6 Å². The summed E-state index contributed by atoms with van der Waals surface area (Å²) < 4.78 is 12.4. The highest BCUT2D eigenvalue weighted by Crippen LogP contribution is 2.48. The number of nitrogens with one attached hydrogen (secondary N) is 2. The average molecular weight is 410 g/mol. The Morgan fingerprint density at radius 2 is 2.32 bits per heavy atom. The molecular weight excluding hydrogens is 382 g/mol. The molecule has 0 spiro atoms. The fraction of sp³-hybridized carbons (Fsp3) is 0.632. The minimum atomic E-state index is 0.202. The van der Waals surface area contributed by atoms with Crippen LogP contribution in [0, 0.1) is 0 Å². The summed E-state index contributed by atoms with van der Waals surface area (Å²) in [6.45, 7) is 5.20. The van der Waals surface area contributed by atoms with Crippen LogP contribution in [0.5, 0.6) is 0 Å². The van der Waals surface area contributed by atoms with Crippen LogP contribution in [0.2, 0.25) is 0 Å².